The zero-order valence-corrected chi connectivity index (χ0v) is 9.60. The van der Waals surface area contributed by atoms with Crippen LogP contribution in [0, 0.1) is 0 Å². The Morgan fingerprint density at radius 2 is 2.31 bits per heavy atom. The lowest BCUT2D eigenvalue weighted by molar-refractivity contribution is 0.169. The van der Waals surface area contributed by atoms with Crippen molar-refractivity contribution in [1.82, 2.24) is 14.5 Å². The van der Waals surface area contributed by atoms with Gasteiger partial charge in [0.15, 0.2) is 0 Å². The van der Waals surface area contributed by atoms with E-state index in [-0.39, 0.29) is 0 Å². The first-order valence-corrected chi connectivity index (χ1v) is 6.29. The molecule has 0 aliphatic heterocycles. The van der Waals surface area contributed by atoms with E-state index in [1.165, 1.54) is 12.8 Å². The van der Waals surface area contributed by atoms with Crippen molar-refractivity contribution in [2.45, 2.75) is 31.4 Å². The maximum atomic E-state index is 10.2. The van der Waals surface area contributed by atoms with Crippen LogP contribution < -0.4 is 0 Å². The van der Waals surface area contributed by atoms with Crippen LogP contribution in [0.15, 0.2) is 24.2 Å². The Morgan fingerprint density at radius 1 is 1.44 bits per heavy atom. The fourth-order valence-electron chi connectivity index (χ4n) is 1.87. The van der Waals surface area contributed by atoms with Gasteiger partial charge in [-0.25, -0.2) is 4.98 Å². The summed E-state index contributed by atoms with van der Waals surface area (Å²) in [5, 5.41) is 10.2. The summed E-state index contributed by atoms with van der Waals surface area (Å²) >= 11 is 1.58. The smallest absolute Gasteiger partial charge is 0.100 e. The van der Waals surface area contributed by atoms with Crippen molar-refractivity contribution < 1.29 is 5.11 Å². The number of aromatic nitrogens is 3. The fourth-order valence-corrected chi connectivity index (χ4v) is 2.50. The molecule has 0 radical (unpaired) electrons. The van der Waals surface area contributed by atoms with Crippen molar-refractivity contribution in [3.8, 4) is 0 Å². The van der Waals surface area contributed by atoms with Gasteiger partial charge in [0, 0.05) is 23.5 Å². The number of rotatable bonds is 4. The van der Waals surface area contributed by atoms with Crippen LogP contribution in [0.4, 0.5) is 0 Å². The van der Waals surface area contributed by atoms with E-state index in [9.17, 15) is 5.11 Å². The topological polar surface area (TPSA) is 50.9 Å². The molecule has 1 atom stereocenters. The molecule has 1 aliphatic carbocycles. The van der Waals surface area contributed by atoms with Gasteiger partial charge < -0.3 is 9.67 Å². The number of aliphatic hydroxyl groups excluding tert-OH is 1. The summed E-state index contributed by atoms with van der Waals surface area (Å²) in [5.41, 5.74) is 2.72. The van der Waals surface area contributed by atoms with Gasteiger partial charge in [-0.3, -0.25) is 4.98 Å². The highest BCUT2D eigenvalue weighted by molar-refractivity contribution is 7.09. The maximum absolute atomic E-state index is 10.2. The van der Waals surface area contributed by atoms with E-state index in [2.05, 4.69) is 14.5 Å². The van der Waals surface area contributed by atoms with E-state index in [1.54, 1.807) is 23.0 Å². The molecular formula is C11H13N3OS. The Kier molecular flexibility index (Phi) is 2.49. The Balaban J connectivity index is 1.78. The van der Waals surface area contributed by atoms with Crippen LogP contribution in [0.1, 0.15) is 35.6 Å². The number of aliphatic hydroxyl groups is 1. The van der Waals surface area contributed by atoms with Gasteiger partial charge in [-0.15, -0.1) is 11.3 Å². The number of imidazole rings is 1. The third kappa shape index (κ3) is 1.88. The van der Waals surface area contributed by atoms with E-state index in [0.29, 0.717) is 12.5 Å². The first-order chi connectivity index (χ1) is 7.84. The van der Waals surface area contributed by atoms with Crippen LogP contribution in [0.3, 0.4) is 0 Å². The van der Waals surface area contributed by atoms with Gasteiger partial charge in [0.25, 0.3) is 0 Å². The quantitative estimate of drug-likeness (QED) is 0.881. The molecule has 5 heteroatoms. The third-order valence-electron chi connectivity index (χ3n) is 2.86. The summed E-state index contributed by atoms with van der Waals surface area (Å²) in [6.45, 7) is 0. The highest BCUT2D eigenvalue weighted by atomic mass is 32.1. The van der Waals surface area contributed by atoms with Crippen molar-refractivity contribution in [2.24, 2.45) is 0 Å². The van der Waals surface area contributed by atoms with Gasteiger partial charge in [-0.1, -0.05) is 0 Å². The predicted molar refractivity (Wildman–Crippen MR) is 61.3 cm³/mol. The molecule has 2 heterocycles. The largest absolute Gasteiger partial charge is 0.386 e. The summed E-state index contributed by atoms with van der Waals surface area (Å²) in [4.78, 5) is 9.24. The van der Waals surface area contributed by atoms with Crippen LogP contribution in [0.2, 0.25) is 0 Å². The van der Waals surface area contributed by atoms with Crippen LogP contribution in [-0.4, -0.2) is 19.6 Å². The molecule has 1 unspecified atom stereocenters. The first kappa shape index (κ1) is 9.99. The minimum atomic E-state index is -0.469. The normalized spacial score (nSPS) is 17.6. The lowest BCUT2D eigenvalue weighted by Crippen LogP contribution is -2.07. The van der Waals surface area contributed by atoms with Gasteiger partial charge in [-0.2, -0.15) is 0 Å². The van der Waals surface area contributed by atoms with Crippen LogP contribution in [0.25, 0.3) is 0 Å². The number of hydrogen-bond acceptors (Lipinski definition) is 4. The SMILES string of the molecule is OC(Cc1cncs1)c1cncn1C1CC1. The predicted octanol–water partition coefficient (Wildman–Crippen LogP) is 1.95. The molecule has 1 aliphatic rings. The minimum Gasteiger partial charge on any atom is -0.386 e. The first-order valence-electron chi connectivity index (χ1n) is 5.42. The van der Waals surface area contributed by atoms with Crippen molar-refractivity contribution in [3.63, 3.8) is 0 Å². The summed E-state index contributed by atoms with van der Waals surface area (Å²) < 4.78 is 2.10. The van der Waals surface area contributed by atoms with Crippen LogP contribution >= 0.6 is 11.3 Å². The molecule has 0 bridgehead atoms. The molecule has 16 heavy (non-hydrogen) atoms. The Hall–Kier alpha value is -1.20. The molecule has 2 aromatic heterocycles. The lowest BCUT2D eigenvalue weighted by atomic mass is 10.2. The third-order valence-corrected chi connectivity index (χ3v) is 3.66. The molecule has 0 amide bonds. The molecule has 0 saturated heterocycles. The van der Waals surface area contributed by atoms with Gasteiger partial charge in [-0.05, 0) is 12.8 Å². The molecule has 3 rings (SSSR count). The van der Waals surface area contributed by atoms with E-state index in [4.69, 9.17) is 0 Å². The Labute approximate surface area is 97.6 Å². The maximum Gasteiger partial charge on any atom is 0.100 e. The standard InChI is InChI=1S/C11H13N3OS/c15-11(3-9-4-13-7-16-9)10-5-12-6-14(10)8-1-2-8/h4-8,11,15H,1-3H2. The highest BCUT2D eigenvalue weighted by Crippen LogP contribution is 2.37. The summed E-state index contributed by atoms with van der Waals surface area (Å²) in [6, 6.07) is 0.564. The molecule has 1 fully saturated rings. The van der Waals surface area contributed by atoms with Gasteiger partial charge in [0.1, 0.15) is 6.10 Å². The molecule has 4 nitrogen and oxygen atoms in total. The average Bonchev–Trinajstić information content (AvgIpc) is 2.82. The monoisotopic (exact) mass is 235 g/mol. The second-order valence-electron chi connectivity index (χ2n) is 4.14. The number of thiazole rings is 1. The van der Waals surface area contributed by atoms with E-state index >= 15 is 0 Å². The minimum absolute atomic E-state index is 0.469. The lowest BCUT2D eigenvalue weighted by Gasteiger charge is -2.12. The van der Waals surface area contributed by atoms with E-state index < -0.39 is 6.10 Å². The molecule has 84 valence electrons. The number of hydrogen-bond donors (Lipinski definition) is 1. The van der Waals surface area contributed by atoms with Crippen molar-refractivity contribution >= 4 is 11.3 Å². The van der Waals surface area contributed by atoms with Crippen molar-refractivity contribution in [1.29, 1.82) is 0 Å². The second-order valence-corrected chi connectivity index (χ2v) is 5.12. The molecule has 2 aromatic rings. The molecule has 0 spiro atoms. The zero-order valence-electron chi connectivity index (χ0n) is 8.78. The van der Waals surface area contributed by atoms with Crippen LogP contribution in [0.5, 0.6) is 0 Å². The number of nitrogens with zero attached hydrogens (tertiary/aromatic N) is 3. The van der Waals surface area contributed by atoms with Gasteiger partial charge in [0.05, 0.1) is 23.7 Å². The summed E-state index contributed by atoms with van der Waals surface area (Å²) in [6.07, 6.45) is 7.97. The van der Waals surface area contributed by atoms with Gasteiger partial charge >= 0.3 is 0 Å². The molecular weight excluding hydrogens is 222 g/mol. The Morgan fingerprint density at radius 3 is 3.00 bits per heavy atom. The van der Waals surface area contributed by atoms with E-state index in [1.807, 2.05) is 12.5 Å². The summed E-state index contributed by atoms with van der Waals surface area (Å²) in [7, 11) is 0. The highest BCUT2D eigenvalue weighted by Gasteiger charge is 2.27. The molecule has 0 aromatic carbocycles. The van der Waals surface area contributed by atoms with Crippen molar-refractivity contribution in [3.05, 3.63) is 34.8 Å². The Bertz CT molecular complexity index is 461. The molecule has 1 saturated carbocycles. The molecule has 1 N–H and O–H groups in total. The van der Waals surface area contributed by atoms with Crippen molar-refractivity contribution in [2.75, 3.05) is 0 Å². The van der Waals surface area contributed by atoms with E-state index in [0.717, 1.165) is 10.6 Å². The average molecular weight is 235 g/mol. The van der Waals surface area contributed by atoms with Crippen LogP contribution in [-0.2, 0) is 6.42 Å². The second kappa shape index (κ2) is 3.99. The fraction of sp³-hybridized carbons (Fsp3) is 0.455. The van der Waals surface area contributed by atoms with Gasteiger partial charge in [0.2, 0.25) is 0 Å². The zero-order chi connectivity index (χ0) is 11.0. The summed E-state index contributed by atoms with van der Waals surface area (Å²) in [5.74, 6) is 0.